The van der Waals surface area contributed by atoms with Crippen molar-refractivity contribution in [2.24, 2.45) is 4.99 Å². The zero-order valence-electron chi connectivity index (χ0n) is 18.7. The minimum Gasteiger partial charge on any atom is -0.462 e. The second-order valence-corrected chi connectivity index (χ2v) is 9.80. The lowest BCUT2D eigenvalue weighted by molar-refractivity contribution is -0.115. The highest BCUT2D eigenvalue weighted by Gasteiger charge is 2.25. The van der Waals surface area contributed by atoms with Gasteiger partial charge >= 0.3 is 5.97 Å². The zero-order valence-corrected chi connectivity index (χ0v) is 21.8. The number of nitrogens with one attached hydrogen (secondary N) is 1. The number of aromatic nitrogens is 1. The smallest absolute Gasteiger partial charge is 0.338 e. The van der Waals surface area contributed by atoms with Crippen molar-refractivity contribution in [1.82, 2.24) is 9.88 Å². The molecule has 1 N–H and O–H groups in total. The molecule has 0 bridgehead atoms. The average Bonchev–Trinajstić information content (AvgIpc) is 3.28. The molecule has 2 heterocycles. The van der Waals surface area contributed by atoms with Gasteiger partial charge in [0.15, 0.2) is 5.17 Å². The molecule has 34 heavy (non-hydrogen) atoms. The number of aryl methyl sites for hydroxylation is 1. The molecule has 0 spiro atoms. The Morgan fingerprint density at radius 3 is 2.62 bits per heavy atom. The van der Waals surface area contributed by atoms with Crippen molar-refractivity contribution in [3.63, 3.8) is 0 Å². The van der Waals surface area contributed by atoms with E-state index < -0.39 is 0 Å². The zero-order chi connectivity index (χ0) is 24.4. The van der Waals surface area contributed by atoms with Crippen LogP contribution in [-0.4, -0.2) is 28.2 Å². The van der Waals surface area contributed by atoms with E-state index in [9.17, 15) is 9.59 Å². The molecule has 2 aromatic carbocycles. The van der Waals surface area contributed by atoms with Crippen LogP contribution in [0.1, 0.15) is 34.2 Å². The van der Waals surface area contributed by atoms with Crippen molar-refractivity contribution in [1.29, 1.82) is 0 Å². The van der Waals surface area contributed by atoms with E-state index in [0.29, 0.717) is 33.0 Å². The number of aliphatic imine (C=N–C) groups is 1. The fraction of sp³-hybridized carbons (Fsp3) is 0.160. The van der Waals surface area contributed by atoms with Gasteiger partial charge in [0, 0.05) is 21.5 Å². The number of halogens is 2. The van der Waals surface area contributed by atoms with Crippen LogP contribution < -0.4 is 5.32 Å². The van der Waals surface area contributed by atoms with E-state index in [1.165, 1.54) is 11.8 Å². The molecular formula is C25H21BrClN3O3S. The van der Waals surface area contributed by atoms with Gasteiger partial charge in [-0.15, -0.1) is 0 Å². The molecule has 3 aromatic rings. The highest BCUT2D eigenvalue weighted by atomic mass is 79.9. The lowest BCUT2D eigenvalue weighted by atomic mass is 10.2. The standard InChI is InChI=1S/C25H21BrClN3O3S/c1-4-33-24(32)16-5-8-19(9-6-16)30-14(2)11-17(15(30)3)12-22-23(31)29-25(34-22)28-18-7-10-20(26)21(27)13-18/h5-13H,4H2,1-3H3,(H,28,29,31)/b22-12-. The number of esters is 1. The molecule has 1 fully saturated rings. The van der Waals surface area contributed by atoms with E-state index in [-0.39, 0.29) is 11.9 Å². The lowest BCUT2D eigenvalue weighted by Gasteiger charge is -2.10. The van der Waals surface area contributed by atoms with Gasteiger partial charge < -0.3 is 14.6 Å². The molecular weight excluding hydrogens is 538 g/mol. The maximum Gasteiger partial charge on any atom is 0.338 e. The van der Waals surface area contributed by atoms with Crippen LogP contribution in [0.2, 0.25) is 5.02 Å². The molecule has 0 radical (unpaired) electrons. The lowest BCUT2D eigenvalue weighted by Crippen LogP contribution is -2.19. The molecule has 9 heteroatoms. The van der Waals surface area contributed by atoms with E-state index in [0.717, 1.165) is 27.1 Å². The van der Waals surface area contributed by atoms with E-state index in [1.807, 2.05) is 50.3 Å². The van der Waals surface area contributed by atoms with Crippen LogP contribution in [0.4, 0.5) is 5.69 Å². The number of thioether (sulfide) groups is 1. The third kappa shape index (κ3) is 5.14. The van der Waals surface area contributed by atoms with Crippen LogP contribution in [0, 0.1) is 13.8 Å². The number of carbonyl (C=O) groups excluding carboxylic acids is 2. The Bertz CT molecular complexity index is 1350. The van der Waals surface area contributed by atoms with Gasteiger partial charge in [0.1, 0.15) is 0 Å². The van der Waals surface area contributed by atoms with E-state index in [2.05, 4.69) is 30.8 Å². The van der Waals surface area contributed by atoms with Crippen molar-refractivity contribution in [2.75, 3.05) is 6.61 Å². The summed E-state index contributed by atoms with van der Waals surface area (Å²) in [6.45, 7) is 6.11. The maximum atomic E-state index is 12.6. The maximum absolute atomic E-state index is 12.6. The Morgan fingerprint density at radius 1 is 1.21 bits per heavy atom. The highest BCUT2D eigenvalue weighted by molar-refractivity contribution is 9.10. The Kier molecular flexibility index (Phi) is 7.30. The SMILES string of the molecule is CCOC(=O)c1ccc(-n2c(C)cc(/C=C3\SC(=Nc4ccc(Br)c(Cl)c4)NC3=O)c2C)cc1. The molecule has 4 rings (SSSR count). The number of hydrogen-bond donors (Lipinski definition) is 1. The topological polar surface area (TPSA) is 72.7 Å². The van der Waals surface area contributed by atoms with Crippen LogP contribution in [0.15, 0.2) is 62.9 Å². The van der Waals surface area contributed by atoms with Crippen molar-refractivity contribution in [3.8, 4) is 5.69 Å². The third-order valence-electron chi connectivity index (χ3n) is 5.18. The summed E-state index contributed by atoms with van der Waals surface area (Å²) in [5.74, 6) is -0.539. The monoisotopic (exact) mass is 557 g/mol. The van der Waals surface area contributed by atoms with Crippen LogP contribution in [0.3, 0.4) is 0 Å². The van der Waals surface area contributed by atoms with Crippen molar-refractivity contribution < 1.29 is 14.3 Å². The number of hydrogen-bond acceptors (Lipinski definition) is 5. The summed E-state index contributed by atoms with van der Waals surface area (Å²) in [6.07, 6.45) is 1.86. The molecule has 0 atom stereocenters. The number of benzene rings is 2. The van der Waals surface area contributed by atoms with E-state index in [4.69, 9.17) is 16.3 Å². The highest BCUT2D eigenvalue weighted by Crippen LogP contribution is 2.32. The summed E-state index contributed by atoms with van der Waals surface area (Å²) >= 11 is 10.8. The second-order valence-electron chi connectivity index (χ2n) is 7.51. The van der Waals surface area contributed by atoms with Gasteiger partial charge in [-0.2, -0.15) is 0 Å². The molecule has 0 aliphatic carbocycles. The first-order chi connectivity index (χ1) is 16.3. The van der Waals surface area contributed by atoms with E-state index >= 15 is 0 Å². The first-order valence-corrected chi connectivity index (χ1v) is 12.5. The Morgan fingerprint density at radius 2 is 1.94 bits per heavy atom. The summed E-state index contributed by atoms with van der Waals surface area (Å²) < 4.78 is 7.92. The molecule has 0 saturated carbocycles. The fourth-order valence-corrected chi connectivity index (χ4v) is 4.84. The van der Waals surface area contributed by atoms with Gasteiger partial charge in [0.25, 0.3) is 5.91 Å². The van der Waals surface area contributed by atoms with Gasteiger partial charge in [-0.25, -0.2) is 9.79 Å². The largest absolute Gasteiger partial charge is 0.462 e. The Balaban J connectivity index is 1.59. The summed E-state index contributed by atoms with van der Waals surface area (Å²) in [4.78, 5) is 29.5. The van der Waals surface area contributed by atoms with Gasteiger partial charge in [-0.3, -0.25) is 4.79 Å². The Hall–Kier alpha value is -2.81. The number of amides is 1. The molecule has 174 valence electrons. The number of rotatable bonds is 5. The summed E-state index contributed by atoms with van der Waals surface area (Å²) in [5, 5.41) is 3.86. The molecule has 1 aromatic heterocycles. The van der Waals surface area contributed by atoms with Crippen molar-refractivity contribution in [2.45, 2.75) is 20.8 Å². The van der Waals surface area contributed by atoms with E-state index in [1.54, 1.807) is 25.1 Å². The first kappa shape index (κ1) is 24.3. The predicted octanol–water partition coefficient (Wildman–Crippen LogP) is 6.58. The number of nitrogens with zero attached hydrogens (tertiary/aromatic N) is 2. The number of carbonyl (C=O) groups is 2. The van der Waals surface area contributed by atoms with Crippen LogP contribution in [-0.2, 0) is 9.53 Å². The second kappa shape index (κ2) is 10.2. The summed E-state index contributed by atoms with van der Waals surface area (Å²) in [7, 11) is 0. The number of ether oxygens (including phenoxy) is 1. The molecule has 0 unspecified atom stereocenters. The normalized spacial score (nSPS) is 15.7. The Labute approximate surface area is 215 Å². The molecule has 1 aliphatic rings. The average molecular weight is 559 g/mol. The van der Waals surface area contributed by atoms with Gasteiger partial charge in [-0.05, 0) is 109 Å². The first-order valence-electron chi connectivity index (χ1n) is 10.5. The molecule has 6 nitrogen and oxygen atoms in total. The van der Waals surface area contributed by atoms with Gasteiger partial charge in [0.05, 0.1) is 27.8 Å². The number of amidine groups is 1. The fourth-order valence-electron chi connectivity index (χ4n) is 3.59. The molecule has 1 aliphatic heterocycles. The van der Waals surface area contributed by atoms with Crippen molar-refractivity contribution >= 4 is 68.1 Å². The molecule has 1 amide bonds. The quantitative estimate of drug-likeness (QED) is 0.284. The minimum atomic E-state index is -0.340. The minimum absolute atomic E-state index is 0.199. The van der Waals surface area contributed by atoms with Gasteiger partial charge in [-0.1, -0.05) is 11.6 Å². The van der Waals surface area contributed by atoms with Crippen LogP contribution in [0.25, 0.3) is 11.8 Å². The predicted molar refractivity (Wildman–Crippen MR) is 141 cm³/mol. The van der Waals surface area contributed by atoms with Gasteiger partial charge in [0.2, 0.25) is 0 Å². The molecule has 1 saturated heterocycles. The summed E-state index contributed by atoms with van der Waals surface area (Å²) in [5.41, 5.74) is 5.00. The third-order valence-corrected chi connectivity index (χ3v) is 7.32. The summed E-state index contributed by atoms with van der Waals surface area (Å²) in [6, 6.07) is 14.7. The van der Waals surface area contributed by atoms with Crippen molar-refractivity contribution in [3.05, 3.63) is 85.4 Å². The van der Waals surface area contributed by atoms with Crippen LogP contribution in [0.5, 0.6) is 0 Å². The van der Waals surface area contributed by atoms with Crippen LogP contribution >= 0.6 is 39.3 Å².